The summed E-state index contributed by atoms with van der Waals surface area (Å²) in [5.74, 6) is -0.286. The standard InChI is InChI=1S/C48H52N2O7/c1-4-53-23-28-57-47(48(52)50-41-22-18-37-14-12-33-8-6-10-35-16-20-39(41)46(37)44(33)35)31(3)55-26-24-54-25-27-56-42(30(2)51)29-49-40-21-17-36-13-11-32-7-5-9-34-15-19-38(40)45(36)43(32)34/h5-10,12,14-22,30-31,42,47,49,51H,4,11,13,23-29H2,1-3H3,(H,50,52). The molecule has 4 unspecified atom stereocenters. The molecule has 0 heterocycles. The predicted molar refractivity (Wildman–Crippen MR) is 230 cm³/mol. The summed E-state index contributed by atoms with van der Waals surface area (Å²) >= 11 is 0. The van der Waals surface area contributed by atoms with Crippen LogP contribution in [0.3, 0.4) is 0 Å². The highest BCUT2D eigenvalue weighted by atomic mass is 16.6. The van der Waals surface area contributed by atoms with Gasteiger partial charge >= 0.3 is 0 Å². The van der Waals surface area contributed by atoms with E-state index >= 15 is 0 Å². The summed E-state index contributed by atoms with van der Waals surface area (Å²) in [6.45, 7) is 8.36. The Hall–Kier alpha value is -4.87. The van der Waals surface area contributed by atoms with Crippen LogP contribution < -0.4 is 10.6 Å². The van der Waals surface area contributed by atoms with Crippen LogP contribution in [0.4, 0.5) is 11.4 Å². The van der Waals surface area contributed by atoms with Crippen LogP contribution in [0.2, 0.25) is 0 Å². The Morgan fingerprint density at radius 3 is 1.93 bits per heavy atom. The lowest BCUT2D eigenvalue weighted by Gasteiger charge is -2.25. The van der Waals surface area contributed by atoms with E-state index in [2.05, 4.69) is 95.6 Å². The maximum Gasteiger partial charge on any atom is 0.256 e. The number of hydrogen-bond donors (Lipinski definition) is 3. The van der Waals surface area contributed by atoms with Gasteiger partial charge in [-0.05, 0) is 100.0 Å². The molecule has 0 radical (unpaired) electrons. The highest BCUT2D eigenvalue weighted by Crippen LogP contribution is 2.40. The van der Waals surface area contributed by atoms with Crippen LogP contribution in [0.25, 0.3) is 53.9 Å². The van der Waals surface area contributed by atoms with Gasteiger partial charge in [0.05, 0.1) is 51.8 Å². The van der Waals surface area contributed by atoms with E-state index in [9.17, 15) is 9.90 Å². The fraction of sp³-hybridized carbons (Fsp3) is 0.354. The molecule has 4 atom stereocenters. The third-order valence-electron chi connectivity index (χ3n) is 11.3. The summed E-state index contributed by atoms with van der Waals surface area (Å²) in [6, 6.07) is 34.1. The Morgan fingerprint density at radius 2 is 1.19 bits per heavy atom. The average molecular weight is 769 g/mol. The molecule has 7 aromatic rings. The van der Waals surface area contributed by atoms with E-state index in [0.717, 1.165) is 40.4 Å². The van der Waals surface area contributed by atoms with E-state index in [0.29, 0.717) is 39.6 Å². The van der Waals surface area contributed by atoms with Gasteiger partial charge in [-0.2, -0.15) is 0 Å². The number of ether oxygens (including phenoxy) is 5. The first-order valence-electron chi connectivity index (χ1n) is 20.3. The molecule has 3 N–H and O–H groups in total. The van der Waals surface area contributed by atoms with Crippen LogP contribution in [-0.4, -0.2) is 88.2 Å². The van der Waals surface area contributed by atoms with E-state index in [1.165, 1.54) is 48.8 Å². The van der Waals surface area contributed by atoms with Crippen LogP contribution in [-0.2, 0) is 41.3 Å². The van der Waals surface area contributed by atoms with Gasteiger partial charge < -0.3 is 39.4 Å². The molecule has 0 aliphatic heterocycles. The van der Waals surface area contributed by atoms with Crippen LogP contribution in [0, 0.1) is 0 Å². The third kappa shape index (κ3) is 8.27. The molecule has 9 heteroatoms. The average Bonchev–Trinajstić information content (AvgIpc) is 3.23. The number of carbonyl (C=O) groups excluding carboxylic acids is 1. The summed E-state index contributed by atoms with van der Waals surface area (Å²) in [6.07, 6.45) is -0.426. The number of hydrogen-bond acceptors (Lipinski definition) is 8. The highest BCUT2D eigenvalue weighted by Gasteiger charge is 2.28. The Morgan fingerprint density at radius 1 is 0.614 bits per heavy atom. The molecule has 1 aliphatic rings. The molecule has 1 amide bonds. The molecule has 9 nitrogen and oxygen atoms in total. The lowest BCUT2D eigenvalue weighted by Crippen LogP contribution is -2.41. The second-order valence-corrected chi connectivity index (χ2v) is 14.9. The van der Waals surface area contributed by atoms with Crippen molar-refractivity contribution in [3.05, 3.63) is 108 Å². The summed E-state index contributed by atoms with van der Waals surface area (Å²) in [5, 5.41) is 29.2. The molecule has 0 saturated heterocycles. The second-order valence-electron chi connectivity index (χ2n) is 14.9. The van der Waals surface area contributed by atoms with Crippen LogP contribution in [0.5, 0.6) is 0 Å². The van der Waals surface area contributed by atoms with Crippen LogP contribution in [0.15, 0.2) is 97.1 Å². The van der Waals surface area contributed by atoms with E-state index in [4.69, 9.17) is 23.7 Å². The molecular weight excluding hydrogens is 717 g/mol. The number of anilines is 2. The van der Waals surface area contributed by atoms with Crippen molar-refractivity contribution in [2.45, 2.75) is 58.0 Å². The zero-order valence-electron chi connectivity index (χ0n) is 33.0. The number of aliphatic hydroxyl groups excluding tert-OH is 1. The molecule has 0 fully saturated rings. The van der Waals surface area contributed by atoms with Crippen molar-refractivity contribution in [1.29, 1.82) is 0 Å². The van der Waals surface area contributed by atoms with E-state index < -0.39 is 24.4 Å². The van der Waals surface area contributed by atoms with Crippen molar-refractivity contribution in [1.82, 2.24) is 0 Å². The monoisotopic (exact) mass is 768 g/mol. The van der Waals surface area contributed by atoms with Gasteiger partial charge in [-0.1, -0.05) is 84.9 Å². The van der Waals surface area contributed by atoms with Crippen molar-refractivity contribution in [3.8, 4) is 0 Å². The molecule has 8 rings (SSSR count). The maximum atomic E-state index is 13.8. The zero-order valence-corrected chi connectivity index (χ0v) is 33.0. The van der Waals surface area contributed by atoms with Gasteiger partial charge in [0.1, 0.15) is 6.10 Å². The number of nitrogens with one attached hydrogen (secondary N) is 2. The maximum absolute atomic E-state index is 13.8. The smallest absolute Gasteiger partial charge is 0.256 e. The van der Waals surface area contributed by atoms with Crippen LogP contribution >= 0.6 is 0 Å². The van der Waals surface area contributed by atoms with Crippen molar-refractivity contribution >= 4 is 71.1 Å². The number of amides is 1. The minimum atomic E-state index is -0.872. The lowest BCUT2D eigenvalue weighted by molar-refractivity contribution is -0.141. The molecular formula is C48H52N2O7. The number of rotatable bonds is 20. The lowest BCUT2D eigenvalue weighted by atomic mass is 9.86. The van der Waals surface area contributed by atoms with Crippen molar-refractivity contribution < 1.29 is 33.6 Å². The van der Waals surface area contributed by atoms with Crippen LogP contribution in [0.1, 0.15) is 31.9 Å². The molecule has 0 aromatic heterocycles. The largest absolute Gasteiger partial charge is 0.391 e. The summed E-state index contributed by atoms with van der Waals surface area (Å²) in [5.41, 5.74) is 4.55. The molecule has 296 valence electrons. The Bertz CT molecular complexity index is 2470. The number of aliphatic hydroxyl groups is 1. The van der Waals surface area contributed by atoms with Gasteiger partial charge in [-0.15, -0.1) is 0 Å². The topological polar surface area (TPSA) is 108 Å². The minimum Gasteiger partial charge on any atom is -0.391 e. The number of aryl methyl sites for hydroxylation is 2. The molecule has 1 aliphatic carbocycles. The fourth-order valence-electron chi connectivity index (χ4n) is 8.38. The Labute approximate surface area is 333 Å². The summed E-state index contributed by atoms with van der Waals surface area (Å²) < 4.78 is 29.6. The van der Waals surface area contributed by atoms with Crippen molar-refractivity contribution in [2.75, 3.05) is 63.4 Å². The second kappa shape index (κ2) is 17.7. The van der Waals surface area contributed by atoms with Crippen molar-refractivity contribution in [3.63, 3.8) is 0 Å². The van der Waals surface area contributed by atoms with Gasteiger partial charge in [0, 0.05) is 35.3 Å². The fourth-order valence-corrected chi connectivity index (χ4v) is 8.38. The zero-order chi connectivity index (χ0) is 39.3. The molecule has 0 spiro atoms. The molecule has 0 bridgehead atoms. The molecule has 0 saturated carbocycles. The van der Waals surface area contributed by atoms with Gasteiger partial charge in [-0.25, -0.2) is 0 Å². The predicted octanol–water partition coefficient (Wildman–Crippen LogP) is 8.65. The first-order chi connectivity index (χ1) is 27.9. The first-order valence-corrected chi connectivity index (χ1v) is 20.3. The molecule has 7 aromatic carbocycles. The quantitative estimate of drug-likeness (QED) is 0.0523. The first kappa shape index (κ1) is 39.0. The Balaban J connectivity index is 0.831. The van der Waals surface area contributed by atoms with Gasteiger partial charge in [-0.3, -0.25) is 4.79 Å². The Kier molecular flexibility index (Phi) is 12.1. The number of benzene rings is 7. The SMILES string of the molecule is CCOCCOC(C(=O)Nc1ccc2ccc3cccc4ccc1c2c34)C(C)OCCOCCOC(CNc1ccc2c3c1ccc1cccc(c13)CC2)C(C)O. The van der Waals surface area contributed by atoms with E-state index in [-0.39, 0.29) is 19.1 Å². The number of carbonyl (C=O) groups is 1. The van der Waals surface area contributed by atoms with E-state index in [1.807, 2.05) is 26.0 Å². The van der Waals surface area contributed by atoms with Crippen molar-refractivity contribution in [2.24, 2.45) is 0 Å². The third-order valence-corrected chi connectivity index (χ3v) is 11.3. The van der Waals surface area contributed by atoms with Gasteiger partial charge in [0.2, 0.25) is 0 Å². The minimum absolute atomic E-state index is 0.255. The molecule has 57 heavy (non-hydrogen) atoms. The normalized spacial score (nSPS) is 14.9. The summed E-state index contributed by atoms with van der Waals surface area (Å²) in [4.78, 5) is 13.8. The van der Waals surface area contributed by atoms with Gasteiger partial charge in [0.25, 0.3) is 5.91 Å². The van der Waals surface area contributed by atoms with Gasteiger partial charge in [0.15, 0.2) is 6.10 Å². The summed E-state index contributed by atoms with van der Waals surface area (Å²) in [7, 11) is 0. The highest BCUT2D eigenvalue weighted by molar-refractivity contribution is 6.26. The van der Waals surface area contributed by atoms with E-state index in [1.54, 1.807) is 6.92 Å².